The van der Waals surface area contributed by atoms with Gasteiger partial charge in [-0.15, -0.1) is 0 Å². The van der Waals surface area contributed by atoms with E-state index in [2.05, 4.69) is 10.3 Å². The van der Waals surface area contributed by atoms with Crippen molar-refractivity contribution in [2.75, 3.05) is 13.1 Å². The molecule has 0 aliphatic carbocycles. The van der Waals surface area contributed by atoms with Gasteiger partial charge in [0.15, 0.2) is 0 Å². The molecular weight excluding hydrogens is 424 g/mol. The molecule has 0 atom stereocenters. The molecule has 0 unspecified atom stereocenters. The molecule has 0 radical (unpaired) electrons. The van der Waals surface area contributed by atoms with E-state index < -0.39 is 5.82 Å². The molecule has 3 aromatic rings. The first kappa shape index (κ1) is 22.6. The highest BCUT2D eigenvalue weighted by Gasteiger charge is 2.29. The number of carbonyl (C=O) groups excluding carboxylic acids is 2. The molecule has 1 aliphatic rings. The average Bonchev–Trinajstić information content (AvgIpc) is 2.83. The van der Waals surface area contributed by atoms with Crippen molar-refractivity contribution in [2.24, 2.45) is 0 Å². The van der Waals surface area contributed by atoms with Crippen molar-refractivity contribution in [1.29, 1.82) is 0 Å². The van der Waals surface area contributed by atoms with E-state index >= 15 is 0 Å². The number of aromatic nitrogens is 1. The van der Waals surface area contributed by atoms with E-state index in [9.17, 15) is 18.4 Å². The number of nitrogens with one attached hydrogen (secondary N) is 1. The molecule has 2 heterocycles. The molecule has 33 heavy (non-hydrogen) atoms. The summed E-state index contributed by atoms with van der Waals surface area (Å²) in [6.45, 7) is 2.84. The molecule has 2 amide bonds. The number of hydrogen-bond acceptors (Lipinski definition) is 3. The summed E-state index contributed by atoms with van der Waals surface area (Å²) in [5.41, 5.74) is 2.40. The minimum atomic E-state index is -0.529. The van der Waals surface area contributed by atoms with Gasteiger partial charge in [0.05, 0.1) is 16.8 Å². The lowest BCUT2D eigenvalue weighted by atomic mass is 9.89. The summed E-state index contributed by atoms with van der Waals surface area (Å²) in [6.07, 6.45) is 1.23. The first-order valence-electron chi connectivity index (χ1n) is 11.0. The lowest BCUT2D eigenvalue weighted by molar-refractivity contribution is 0.0705. The average molecular weight is 450 g/mol. The normalized spacial score (nSPS) is 14.2. The predicted octanol–water partition coefficient (Wildman–Crippen LogP) is 4.62. The summed E-state index contributed by atoms with van der Waals surface area (Å²) < 4.78 is 27.9. The molecule has 1 N–H and O–H groups in total. The number of rotatable bonds is 5. The number of nitrogens with zero attached hydrogens (tertiary/aromatic N) is 2. The number of aryl methyl sites for hydroxylation is 1. The minimum Gasteiger partial charge on any atom is -0.348 e. The summed E-state index contributed by atoms with van der Waals surface area (Å²) in [6, 6.07) is 15.8. The Hall–Kier alpha value is -3.61. The van der Waals surface area contributed by atoms with Gasteiger partial charge >= 0.3 is 0 Å². The zero-order valence-electron chi connectivity index (χ0n) is 18.4. The number of hydrogen-bond donors (Lipinski definition) is 1. The quantitative estimate of drug-likeness (QED) is 0.618. The lowest BCUT2D eigenvalue weighted by Gasteiger charge is -2.32. The van der Waals surface area contributed by atoms with Crippen molar-refractivity contribution < 1.29 is 18.4 Å². The smallest absolute Gasteiger partial charge is 0.256 e. The van der Waals surface area contributed by atoms with Crippen LogP contribution in [0.3, 0.4) is 0 Å². The second kappa shape index (κ2) is 9.90. The Bertz CT molecular complexity index is 1170. The van der Waals surface area contributed by atoms with Gasteiger partial charge in [-0.2, -0.15) is 0 Å². The first-order valence-corrected chi connectivity index (χ1v) is 11.0. The van der Waals surface area contributed by atoms with Gasteiger partial charge in [0.2, 0.25) is 0 Å². The van der Waals surface area contributed by atoms with Crippen LogP contribution in [0.5, 0.6) is 0 Å². The van der Waals surface area contributed by atoms with Gasteiger partial charge in [-0.3, -0.25) is 14.6 Å². The molecule has 1 fully saturated rings. The third-order valence-electron chi connectivity index (χ3n) is 5.98. The van der Waals surface area contributed by atoms with Gasteiger partial charge in [-0.25, -0.2) is 8.78 Å². The van der Waals surface area contributed by atoms with Crippen LogP contribution in [-0.4, -0.2) is 34.8 Å². The molecule has 170 valence electrons. The molecule has 7 heteroatoms. The maximum atomic E-state index is 14.0. The lowest BCUT2D eigenvalue weighted by Crippen LogP contribution is -2.39. The van der Waals surface area contributed by atoms with Crippen molar-refractivity contribution in [3.63, 3.8) is 0 Å². The third-order valence-corrected chi connectivity index (χ3v) is 5.98. The van der Waals surface area contributed by atoms with Crippen molar-refractivity contribution >= 4 is 11.8 Å². The van der Waals surface area contributed by atoms with Gasteiger partial charge in [-0.1, -0.05) is 30.3 Å². The Morgan fingerprint density at radius 1 is 0.939 bits per heavy atom. The van der Waals surface area contributed by atoms with E-state index in [1.165, 1.54) is 18.2 Å². The van der Waals surface area contributed by atoms with Crippen LogP contribution in [0.4, 0.5) is 8.78 Å². The standard InChI is InChI=1S/C26H25F2N3O2/c1-17-10-11-21(25(32)29-16-19-6-2-4-8-22(19)27)24(30-17)18-12-14-31(15-13-18)26(33)20-7-3-5-9-23(20)28/h2-11,18H,12-16H2,1H3,(H,29,32). The highest BCUT2D eigenvalue weighted by Crippen LogP contribution is 2.30. The van der Waals surface area contributed by atoms with Crippen LogP contribution >= 0.6 is 0 Å². The molecule has 2 aromatic carbocycles. The van der Waals surface area contributed by atoms with E-state index in [0.717, 1.165) is 5.69 Å². The van der Waals surface area contributed by atoms with Gasteiger partial charge in [0.1, 0.15) is 11.6 Å². The van der Waals surface area contributed by atoms with E-state index in [1.807, 2.05) is 6.92 Å². The molecule has 4 rings (SSSR count). The molecule has 0 spiro atoms. The highest BCUT2D eigenvalue weighted by atomic mass is 19.1. The Balaban J connectivity index is 1.46. The van der Waals surface area contributed by atoms with Crippen LogP contribution in [0.15, 0.2) is 60.7 Å². The molecule has 1 aromatic heterocycles. The zero-order chi connectivity index (χ0) is 23.4. The molecule has 0 bridgehead atoms. The van der Waals surface area contributed by atoms with Crippen LogP contribution < -0.4 is 5.32 Å². The Kier molecular flexibility index (Phi) is 6.77. The summed E-state index contributed by atoms with van der Waals surface area (Å²) in [5.74, 6) is -1.55. The Labute approximate surface area is 191 Å². The number of amides is 2. The zero-order valence-corrected chi connectivity index (χ0v) is 18.4. The summed E-state index contributed by atoms with van der Waals surface area (Å²) >= 11 is 0. The van der Waals surface area contributed by atoms with Gasteiger partial charge < -0.3 is 10.2 Å². The number of pyridine rings is 1. The number of halogens is 2. The van der Waals surface area contributed by atoms with Crippen molar-refractivity contribution in [2.45, 2.75) is 32.2 Å². The van der Waals surface area contributed by atoms with Gasteiger partial charge in [0.25, 0.3) is 11.8 Å². The van der Waals surface area contributed by atoms with Gasteiger partial charge in [0, 0.05) is 36.8 Å². The SMILES string of the molecule is Cc1ccc(C(=O)NCc2ccccc2F)c(C2CCN(C(=O)c3ccccc3F)CC2)n1. The molecule has 1 aliphatic heterocycles. The molecule has 5 nitrogen and oxygen atoms in total. The first-order chi connectivity index (χ1) is 15.9. The Morgan fingerprint density at radius 3 is 2.30 bits per heavy atom. The topological polar surface area (TPSA) is 62.3 Å². The second-order valence-corrected chi connectivity index (χ2v) is 8.21. The molecule has 1 saturated heterocycles. The van der Waals surface area contributed by atoms with E-state index in [0.29, 0.717) is 42.8 Å². The number of piperidine rings is 1. The monoisotopic (exact) mass is 449 g/mol. The summed E-state index contributed by atoms with van der Waals surface area (Å²) in [5, 5.41) is 2.78. The van der Waals surface area contributed by atoms with E-state index in [4.69, 9.17) is 0 Å². The fourth-order valence-electron chi connectivity index (χ4n) is 4.15. The summed E-state index contributed by atoms with van der Waals surface area (Å²) in [4.78, 5) is 31.9. The Morgan fingerprint density at radius 2 is 1.61 bits per heavy atom. The van der Waals surface area contributed by atoms with Gasteiger partial charge in [-0.05, 0) is 50.1 Å². The third kappa shape index (κ3) is 5.08. The van der Waals surface area contributed by atoms with Crippen molar-refractivity contribution in [3.05, 3.63) is 100 Å². The highest BCUT2D eigenvalue weighted by molar-refractivity contribution is 5.96. The summed E-state index contributed by atoms with van der Waals surface area (Å²) in [7, 11) is 0. The van der Waals surface area contributed by atoms with E-state index in [-0.39, 0.29) is 35.7 Å². The van der Waals surface area contributed by atoms with Crippen molar-refractivity contribution in [1.82, 2.24) is 15.2 Å². The van der Waals surface area contributed by atoms with Crippen LogP contribution in [0.2, 0.25) is 0 Å². The maximum absolute atomic E-state index is 14.0. The van der Waals surface area contributed by atoms with Crippen LogP contribution in [0.25, 0.3) is 0 Å². The van der Waals surface area contributed by atoms with Crippen molar-refractivity contribution in [3.8, 4) is 0 Å². The predicted molar refractivity (Wildman–Crippen MR) is 121 cm³/mol. The number of benzene rings is 2. The van der Waals surface area contributed by atoms with E-state index in [1.54, 1.807) is 47.4 Å². The maximum Gasteiger partial charge on any atom is 0.256 e. The largest absolute Gasteiger partial charge is 0.348 e. The molecular formula is C26H25F2N3O2. The van der Waals surface area contributed by atoms with Crippen LogP contribution in [-0.2, 0) is 6.54 Å². The van der Waals surface area contributed by atoms with Crippen LogP contribution in [0.1, 0.15) is 56.4 Å². The minimum absolute atomic E-state index is 0.0104. The number of likely N-dealkylation sites (tertiary alicyclic amines) is 1. The fraction of sp³-hybridized carbons (Fsp3) is 0.269. The van der Waals surface area contributed by atoms with Crippen LogP contribution in [0, 0.1) is 18.6 Å². The second-order valence-electron chi connectivity index (χ2n) is 8.21. The fourth-order valence-corrected chi connectivity index (χ4v) is 4.15. The number of carbonyl (C=O) groups is 2. The molecule has 0 saturated carbocycles.